The SMILES string of the molecule is COc1cc(N=C=O)c(Cl)cc1Cl. The van der Waals surface area contributed by atoms with Gasteiger partial charge >= 0.3 is 0 Å². The van der Waals surface area contributed by atoms with Gasteiger partial charge in [0.2, 0.25) is 6.08 Å². The van der Waals surface area contributed by atoms with Crippen molar-refractivity contribution in [1.29, 1.82) is 0 Å². The summed E-state index contributed by atoms with van der Waals surface area (Å²) in [7, 11) is 1.46. The molecule has 3 nitrogen and oxygen atoms in total. The normalized spacial score (nSPS) is 9.15. The van der Waals surface area contributed by atoms with Crippen molar-refractivity contribution in [3.05, 3.63) is 22.2 Å². The van der Waals surface area contributed by atoms with Crippen molar-refractivity contribution < 1.29 is 9.53 Å². The molecule has 68 valence electrons. The molecule has 0 N–H and O–H groups in total. The molecule has 0 radical (unpaired) electrons. The number of isocyanates is 1. The first-order valence-corrected chi connectivity index (χ1v) is 4.05. The van der Waals surface area contributed by atoms with Crippen molar-refractivity contribution in [1.82, 2.24) is 0 Å². The van der Waals surface area contributed by atoms with E-state index in [9.17, 15) is 4.79 Å². The monoisotopic (exact) mass is 217 g/mol. The predicted octanol–water partition coefficient (Wildman–Crippen LogP) is 2.97. The lowest BCUT2D eigenvalue weighted by molar-refractivity contribution is 0.415. The molecule has 0 aliphatic rings. The molecule has 0 aliphatic carbocycles. The summed E-state index contributed by atoms with van der Waals surface area (Å²) in [4.78, 5) is 13.4. The maximum atomic E-state index is 9.99. The molecule has 0 heterocycles. The first-order chi connectivity index (χ1) is 6.19. The van der Waals surface area contributed by atoms with Gasteiger partial charge in [-0.25, -0.2) is 4.79 Å². The lowest BCUT2D eigenvalue weighted by Gasteiger charge is -2.04. The minimum absolute atomic E-state index is 0.286. The largest absolute Gasteiger partial charge is 0.495 e. The second-order valence-electron chi connectivity index (χ2n) is 2.14. The quantitative estimate of drug-likeness (QED) is 0.565. The predicted molar refractivity (Wildman–Crippen MR) is 50.8 cm³/mol. The van der Waals surface area contributed by atoms with Crippen molar-refractivity contribution >= 4 is 35.0 Å². The number of hydrogen-bond acceptors (Lipinski definition) is 3. The van der Waals surface area contributed by atoms with Crippen LogP contribution in [0.1, 0.15) is 0 Å². The van der Waals surface area contributed by atoms with Crippen LogP contribution in [0.25, 0.3) is 0 Å². The summed E-state index contributed by atoms with van der Waals surface area (Å²) in [5.74, 6) is 0.417. The van der Waals surface area contributed by atoms with Crippen molar-refractivity contribution in [3.63, 3.8) is 0 Å². The molecule has 0 fully saturated rings. The Hall–Kier alpha value is -1.02. The van der Waals surface area contributed by atoms with Gasteiger partial charge in [-0.1, -0.05) is 23.2 Å². The highest BCUT2D eigenvalue weighted by molar-refractivity contribution is 6.37. The fraction of sp³-hybridized carbons (Fsp3) is 0.125. The van der Waals surface area contributed by atoms with Gasteiger partial charge in [0.1, 0.15) is 5.75 Å². The maximum absolute atomic E-state index is 9.99. The second-order valence-corrected chi connectivity index (χ2v) is 2.96. The van der Waals surface area contributed by atoms with Crippen LogP contribution in [0.4, 0.5) is 5.69 Å². The van der Waals surface area contributed by atoms with E-state index in [1.165, 1.54) is 25.3 Å². The van der Waals surface area contributed by atoms with E-state index >= 15 is 0 Å². The van der Waals surface area contributed by atoms with Gasteiger partial charge in [-0.2, -0.15) is 4.99 Å². The van der Waals surface area contributed by atoms with Crippen LogP contribution in [0.5, 0.6) is 5.75 Å². The third-order valence-corrected chi connectivity index (χ3v) is 1.99. The lowest BCUT2D eigenvalue weighted by Crippen LogP contribution is -1.83. The molecule has 0 saturated heterocycles. The lowest BCUT2D eigenvalue weighted by atomic mass is 10.3. The minimum atomic E-state index is 0.286. The second kappa shape index (κ2) is 4.28. The Morgan fingerprint density at radius 3 is 2.62 bits per heavy atom. The molecule has 0 spiro atoms. The Morgan fingerprint density at radius 1 is 1.38 bits per heavy atom. The molecule has 1 aromatic rings. The van der Waals surface area contributed by atoms with Crippen LogP contribution in [0.15, 0.2) is 17.1 Å². The van der Waals surface area contributed by atoms with Gasteiger partial charge in [0.25, 0.3) is 0 Å². The van der Waals surface area contributed by atoms with E-state index in [2.05, 4.69) is 4.99 Å². The fourth-order valence-corrected chi connectivity index (χ4v) is 1.31. The summed E-state index contributed by atoms with van der Waals surface area (Å²) in [5, 5.41) is 0.659. The summed E-state index contributed by atoms with van der Waals surface area (Å²) in [6, 6.07) is 2.92. The standard InChI is InChI=1S/C8H5Cl2NO2/c1-13-8-3-7(11-4-12)5(9)2-6(8)10/h2-3H,1H3. The minimum Gasteiger partial charge on any atom is -0.495 e. The number of ether oxygens (including phenoxy) is 1. The van der Waals surface area contributed by atoms with Crippen LogP contribution in [-0.2, 0) is 4.79 Å². The molecule has 0 atom stereocenters. The molecule has 1 aromatic carbocycles. The number of aliphatic imine (C=N–C) groups is 1. The van der Waals surface area contributed by atoms with E-state index in [0.29, 0.717) is 10.8 Å². The molecular formula is C8H5Cl2NO2. The molecule has 0 unspecified atom stereocenters. The molecule has 13 heavy (non-hydrogen) atoms. The number of nitrogens with zero attached hydrogens (tertiary/aromatic N) is 1. The molecule has 0 bridgehead atoms. The van der Waals surface area contributed by atoms with Gasteiger partial charge < -0.3 is 4.74 Å². The highest BCUT2D eigenvalue weighted by Gasteiger charge is 2.06. The van der Waals surface area contributed by atoms with Crippen LogP contribution in [0.3, 0.4) is 0 Å². The Labute approximate surface area is 84.9 Å². The van der Waals surface area contributed by atoms with E-state index in [1.807, 2.05) is 0 Å². The van der Waals surface area contributed by atoms with Gasteiger partial charge in [0.15, 0.2) is 0 Å². The van der Waals surface area contributed by atoms with E-state index in [4.69, 9.17) is 27.9 Å². The van der Waals surface area contributed by atoms with Crippen LogP contribution >= 0.6 is 23.2 Å². The average Bonchev–Trinajstić information content (AvgIpc) is 2.10. The third kappa shape index (κ3) is 2.22. The summed E-state index contributed by atoms with van der Waals surface area (Å²) >= 11 is 11.5. The maximum Gasteiger partial charge on any atom is 0.240 e. The topological polar surface area (TPSA) is 38.7 Å². The van der Waals surface area contributed by atoms with Crippen molar-refractivity contribution in [2.24, 2.45) is 4.99 Å². The zero-order chi connectivity index (χ0) is 9.84. The number of methoxy groups -OCH3 is 1. The zero-order valence-electron chi connectivity index (χ0n) is 6.67. The third-order valence-electron chi connectivity index (χ3n) is 1.39. The highest BCUT2D eigenvalue weighted by Crippen LogP contribution is 2.35. The first kappa shape index (κ1) is 10.1. The summed E-state index contributed by atoms with van der Waals surface area (Å²) < 4.78 is 4.91. The summed E-state index contributed by atoms with van der Waals surface area (Å²) in [6.07, 6.45) is 1.39. The van der Waals surface area contributed by atoms with E-state index in [0.717, 1.165) is 0 Å². The molecule has 0 aromatic heterocycles. The number of carbonyl (C=O) groups excluding carboxylic acids is 1. The van der Waals surface area contributed by atoms with Gasteiger partial charge in [-0.05, 0) is 6.07 Å². The number of halogens is 2. The fourth-order valence-electron chi connectivity index (χ4n) is 0.810. The van der Waals surface area contributed by atoms with Crippen LogP contribution in [0, 0.1) is 0 Å². The van der Waals surface area contributed by atoms with Crippen molar-refractivity contribution in [3.8, 4) is 5.75 Å². The molecule has 1 rings (SSSR count). The van der Waals surface area contributed by atoms with E-state index in [1.54, 1.807) is 0 Å². The first-order valence-electron chi connectivity index (χ1n) is 3.30. The van der Waals surface area contributed by atoms with E-state index in [-0.39, 0.29) is 10.7 Å². The van der Waals surface area contributed by atoms with Crippen LogP contribution in [0.2, 0.25) is 10.0 Å². The van der Waals surface area contributed by atoms with Gasteiger partial charge in [-0.3, -0.25) is 0 Å². The summed E-state index contributed by atoms with van der Waals surface area (Å²) in [6.45, 7) is 0. The zero-order valence-corrected chi connectivity index (χ0v) is 8.19. The molecule has 0 amide bonds. The smallest absolute Gasteiger partial charge is 0.240 e. The van der Waals surface area contributed by atoms with Crippen molar-refractivity contribution in [2.75, 3.05) is 7.11 Å². The van der Waals surface area contributed by atoms with Crippen LogP contribution in [-0.4, -0.2) is 13.2 Å². The number of benzene rings is 1. The molecule has 0 saturated carbocycles. The highest BCUT2D eigenvalue weighted by atomic mass is 35.5. The Bertz CT molecular complexity index is 373. The number of rotatable bonds is 2. The van der Waals surface area contributed by atoms with Crippen molar-refractivity contribution in [2.45, 2.75) is 0 Å². The van der Waals surface area contributed by atoms with Gasteiger partial charge in [0.05, 0.1) is 22.8 Å². The van der Waals surface area contributed by atoms with E-state index < -0.39 is 0 Å². The molecule has 0 aliphatic heterocycles. The Morgan fingerprint density at radius 2 is 2.08 bits per heavy atom. The van der Waals surface area contributed by atoms with Gasteiger partial charge in [-0.15, -0.1) is 0 Å². The van der Waals surface area contributed by atoms with Crippen LogP contribution < -0.4 is 4.74 Å². The summed E-state index contributed by atoms with van der Waals surface area (Å²) in [5.41, 5.74) is 0.290. The average molecular weight is 218 g/mol. The molecule has 5 heteroatoms. The Kier molecular flexibility index (Phi) is 3.32. The van der Waals surface area contributed by atoms with Gasteiger partial charge in [0, 0.05) is 6.07 Å². The molecular weight excluding hydrogens is 213 g/mol. The number of hydrogen-bond donors (Lipinski definition) is 0. The Balaban J connectivity index is 3.29.